The number of benzene rings is 2. The molecule has 0 atom stereocenters. The molecule has 0 fully saturated rings. The van der Waals surface area contributed by atoms with Crippen molar-refractivity contribution in [1.29, 1.82) is 0 Å². The van der Waals surface area contributed by atoms with Crippen LogP contribution in [0.1, 0.15) is 30.9 Å². The number of nitrogens with zero attached hydrogens (tertiary/aromatic N) is 1. The molecule has 0 spiro atoms. The lowest BCUT2D eigenvalue weighted by molar-refractivity contribution is -0.385. The molecule has 2 aromatic carbocycles. The van der Waals surface area contributed by atoms with Gasteiger partial charge in [-0.25, -0.2) is 0 Å². The van der Waals surface area contributed by atoms with Gasteiger partial charge in [0.1, 0.15) is 0 Å². The number of hydrogen-bond acceptors (Lipinski definition) is 4. The number of carbonyl (C=O) groups excluding carboxylic acids is 1. The summed E-state index contributed by atoms with van der Waals surface area (Å²) in [7, 11) is 0. The predicted molar refractivity (Wildman–Crippen MR) is 97.0 cm³/mol. The summed E-state index contributed by atoms with van der Waals surface area (Å²) < 4.78 is 5.45. The maximum Gasteiger partial charge on any atom is 0.310 e. The van der Waals surface area contributed by atoms with Crippen molar-refractivity contribution in [3.05, 3.63) is 63.7 Å². The van der Waals surface area contributed by atoms with Gasteiger partial charge in [0.25, 0.3) is 0 Å². The van der Waals surface area contributed by atoms with Crippen LogP contribution in [0, 0.1) is 17.0 Å². The van der Waals surface area contributed by atoms with Crippen LogP contribution in [-0.4, -0.2) is 17.4 Å². The van der Waals surface area contributed by atoms with Crippen molar-refractivity contribution in [3.63, 3.8) is 0 Å². The van der Waals surface area contributed by atoms with Gasteiger partial charge in [-0.1, -0.05) is 37.3 Å². The first-order chi connectivity index (χ1) is 12.0. The topological polar surface area (TPSA) is 81.5 Å². The SMILES string of the molecule is CCc1cccc(C)c1NC(=O)CCCOc1ccccc1[N+](=O)[O-]. The van der Waals surface area contributed by atoms with Crippen LogP contribution in [0.15, 0.2) is 42.5 Å². The number of rotatable bonds is 8. The third-order valence-electron chi connectivity index (χ3n) is 3.87. The Balaban J connectivity index is 1.85. The monoisotopic (exact) mass is 342 g/mol. The smallest absolute Gasteiger partial charge is 0.310 e. The Labute approximate surface area is 147 Å². The largest absolute Gasteiger partial charge is 0.487 e. The molecule has 0 aliphatic heterocycles. The van der Waals surface area contributed by atoms with Crippen LogP contribution < -0.4 is 10.1 Å². The summed E-state index contributed by atoms with van der Waals surface area (Å²) in [6.45, 7) is 4.25. The molecule has 0 aliphatic carbocycles. The van der Waals surface area contributed by atoms with E-state index in [0.29, 0.717) is 6.42 Å². The van der Waals surface area contributed by atoms with E-state index in [1.807, 2.05) is 32.0 Å². The molecule has 0 aromatic heterocycles. The first-order valence-electron chi connectivity index (χ1n) is 8.27. The fraction of sp³-hybridized carbons (Fsp3) is 0.316. The number of anilines is 1. The third-order valence-corrected chi connectivity index (χ3v) is 3.87. The molecule has 2 aromatic rings. The van der Waals surface area contributed by atoms with Crippen molar-refractivity contribution in [2.45, 2.75) is 33.1 Å². The highest BCUT2D eigenvalue weighted by Gasteiger charge is 2.14. The van der Waals surface area contributed by atoms with E-state index >= 15 is 0 Å². The van der Waals surface area contributed by atoms with Gasteiger partial charge in [0.15, 0.2) is 5.75 Å². The average molecular weight is 342 g/mol. The Morgan fingerprint density at radius 2 is 1.96 bits per heavy atom. The van der Waals surface area contributed by atoms with Gasteiger partial charge in [0.05, 0.1) is 11.5 Å². The Bertz CT molecular complexity index is 759. The molecule has 25 heavy (non-hydrogen) atoms. The number of para-hydroxylation sites is 3. The zero-order chi connectivity index (χ0) is 18.2. The van der Waals surface area contributed by atoms with Gasteiger partial charge >= 0.3 is 5.69 Å². The van der Waals surface area contributed by atoms with E-state index in [1.54, 1.807) is 18.2 Å². The van der Waals surface area contributed by atoms with Gasteiger partial charge < -0.3 is 10.1 Å². The molecule has 6 heteroatoms. The summed E-state index contributed by atoms with van der Waals surface area (Å²) in [6.07, 6.45) is 1.61. The zero-order valence-electron chi connectivity index (χ0n) is 14.5. The minimum absolute atomic E-state index is 0.0700. The second-order valence-electron chi connectivity index (χ2n) is 5.69. The molecule has 0 bridgehead atoms. The molecule has 6 nitrogen and oxygen atoms in total. The summed E-state index contributed by atoms with van der Waals surface area (Å²) in [5, 5.41) is 13.9. The minimum atomic E-state index is -0.480. The molecule has 0 saturated carbocycles. The molecule has 0 heterocycles. The molecule has 0 aliphatic rings. The van der Waals surface area contributed by atoms with Crippen LogP contribution in [0.3, 0.4) is 0 Å². The van der Waals surface area contributed by atoms with Crippen molar-refractivity contribution >= 4 is 17.3 Å². The summed E-state index contributed by atoms with van der Waals surface area (Å²) >= 11 is 0. The van der Waals surface area contributed by atoms with E-state index < -0.39 is 4.92 Å². The van der Waals surface area contributed by atoms with Crippen LogP contribution in [0.4, 0.5) is 11.4 Å². The van der Waals surface area contributed by atoms with Gasteiger partial charge in [0.2, 0.25) is 5.91 Å². The van der Waals surface area contributed by atoms with Crippen LogP contribution in [0.2, 0.25) is 0 Å². The number of aryl methyl sites for hydroxylation is 2. The molecule has 0 radical (unpaired) electrons. The lowest BCUT2D eigenvalue weighted by Crippen LogP contribution is -2.15. The number of amides is 1. The average Bonchev–Trinajstić information content (AvgIpc) is 2.60. The molecule has 2 rings (SSSR count). The Hall–Kier alpha value is -2.89. The van der Waals surface area contributed by atoms with Gasteiger partial charge in [-0.05, 0) is 37.0 Å². The van der Waals surface area contributed by atoms with Crippen molar-refractivity contribution in [1.82, 2.24) is 0 Å². The highest BCUT2D eigenvalue weighted by atomic mass is 16.6. The van der Waals surface area contributed by atoms with Gasteiger partial charge in [-0.3, -0.25) is 14.9 Å². The molecule has 1 amide bonds. The third kappa shape index (κ3) is 5.04. The fourth-order valence-electron chi connectivity index (χ4n) is 2.55. The van der Waals surface area contributed by atoms with Crippen LogP contribution >= 0.6 is 0 Å². The fourth-order valence-corrected chi connectivity index (χ4v) is 2.55. The van der Waals surface area contributed by atoms with E-state index in [4.69, 9.17) is 4.74 Å². The number of nitrogens with one attached hydrogen (secondary N) is 1. The van der Waals surface area contributed by atoms with Crippen LogP contribution in [-0.2, 0) is 11.2 Å². The lowest BCUT2D eigenvalue weighted by Gasteiger charge is -2.13. The van der Waals surface area contributed by atoms with E-state index in [2.05, 4.69) is 5.32 Å². The first kappa shape index (κ1) is 18.4. The molecule has 0 saturated heterocycles. The molecular formula is C19H22N2O4. The van der Waals surface area contributed by atoms with Crippen molar-refractivity contribution < 1.29 is 14.5 Å². The van der Waals surface area contributed by atoms with Crippen molar-refractivity contribution in [3.8, 4) is 5.75 Å². The Kier molecular flexibility index (Phi) is 6.51. The van der Waals surface area contributed by atoms with Crippen LogP contribution in [0.5, 0.6) is 5.75 Å². The van der Waals surface area contributed by atoms with E-state index in [-0.39, 0.29) is 30.4 Å². The Morgan fingerprint density at radius 1 is 1.20 bits per heavy atom. The normalized spacial score (nSPS) is 10.3. The summed E-state index contributed by atoms with van der Waals surface area (Å²) in [6, 6.07) is 12.2. The van der Waals surface area contributed by atoms with Gasteiger partial charge in [0, 0.05) is 18.2 Å². The number of ether oxygens (including phenoxy) is 1. The van der Waals surface area contributed by atoms with E-state index in [0.717, 1.165) is 23.2 Å². The maximum absolute atomic E-state index is 12.1. The first-order valence-corrected chi connectivity index (χ1v) is 8.27. The minimum Gasteiger partial charge on any atom is -0.487 e. The van der Waals surface area contributed by atoms with Crippen LogP contribution in [0.25, 0.3) is 0 Å². The van der Waals surface area contributed by atoms with Crippen molar-refractivity contribution in [2.24, 2.45) is 0 Å². The second-order valence-corrected chi connectivity index (χ2v) is 5.69. The molecule has 132 valence electrons. The van der Waals surface area contributed by atoms with E-state index in [1.165, 1.54) is 6.07 Å². The van der Waals surface area contributed by atoms with E-state index in [9.17, 15) is 14.9 Å². The number of hydrogen-bond donors (Lipinski definition) is 1. The molecule has 0 unspecified atom stereocenters. The summed E-state index contributed by atoms with van der Waals surface area (Å²) in [4.78, 5) is 22.6. The number of carbonyl (C=O) groups is 1. The summed E-state index contributed by atoms with van der Waals surface area (Å²) in [5.41, 5.74) is 2.93. The predicted octanol–water partition coefficient (Wildman–Crippen LogP) is 4.26. The second kappa shape index (κ2) is 8.82. The summed E-state index contributed by atoms with van der Waals surface area (Å²) in [5.74, 6) is 0.134. The highest BCUT2D eigenvalue weighted by Crippen LogP contribution is 2.26. The zero-order valence-corrected chi connectivity index (χ0v) is 14.5. The quantitative estimate of drug-likeness (QED) is 0.441. The number of nitro groups is 1. The van der Waals surface area contributed by atoms with Crippen molar-refractivity contribution in [2.75, 3.05) is 11.9 Å². The van der Waals surface area contributed by atoms with Gasteiger partial charge in [-0.15, -0.1) is 0 Å². The lowest BCUT2D eigenvalue weighted by atomic mass is 10.1. The maximum atomic E-state index is 12.1. The highest BCUT2D eigenvalue weighted by molar-refractivity contribution is 5.92. The number of nitro benzene ring substituents is 1. The van der Waals surface area contributed by atoms with Gasteiger partial charge in [-0.2, -0.15) is 0 Å². The Morgan fingerprint density at radius 3 is 2.68 bits per heavy atom. The molecule has 1 N–H and O–H groups in total. The standard InChI is InChI=1S/C19H22N2O4/c1-3-15-9-6-8-14(2)19(15)20-18(22)12-7-13-25-17-11-5-4-10-16(17)21(23)24/h4-6,8-11H,3,7,12-13H2,1-2H3,(H,20,22). The molecular weight excluding hydrogens is 320 g/mol.